The molecule has 1 aromatic heterocycles. The van der Waals surface area contributed by atoms with Crippen molar-refractivity contribution in [1.29, 1.82) is 0 Å². The zero-order valence-corrected chi connectivity index (χ0v) is 22.0. The summed E-state index contributed by atoms with van der Waals surface area (Å²) in [6.07, 6.45) is 2.89. The van der Waals surface area contributed by atoms with Crippen LogP contribution in [0, 0.1) is 11.8 Å². The number of esters is 1. The zero-order valence-electron chi connectivity index (χ0n) is 21.2. The lowest BCUT2D eigenvalue weighted by atomic mass is 9.92. The maximum absolute atomic E-state index is 13.6. The van der Waals surface area contributed by atoms with Crippen LogP contribution in [0.5, 0.6) is 0 Å². The van der Waals surface area contributed by atoms with Gasteiger partial charge in [0, 0.05) is 24.9 Å². The predicted molar refractivity (Wildman–Crippen MR) is 131 cm³/mol. The Morgan fingerprint density at radius 3 is 2.59 bits per heavy atom. The molecule has 2 heterocycles. The second-order valence-electron chi connectivity index (χ2n) is 9.45. The van der Waals surface area contributed by atoms with E-state index in [0.717, 1.165) is 32.2 Å². The minimum atomic E-state index is -0.936. The molecule has 0 saturated carbocycles. The van der Waals surface area contributed by atoms with E-state index in [4.69, 9.17) is 0 Å². The number of ether oxygens (including phenoxy) is 1. The molecule has 5 atom stereocenters. The van der Waals surface area contributed by atoms with Crippen LogP contribution in [0.4, 0.5) is 0 Å². The first-order valence-corrected chi connectivity index (χ1v) is 13.0. The summed E-state index contributed by atoms with van der Waals surface area (Å²) >= 11 is 1.18. The number of carbonyl (C=O) groups is 3. The quantitative estimate of drug-likeness (QED) is 0.403. The number of aliphatic hydroxyl groups is 1. The molecular formula is C24H40N4O5S. The Morgan fingerprint density at radius 2 is 2.03 bits per heavy atom. The fraction of sp³-hybridized carbons (Fsp3) is 0.750. The summed E-state index contributed by atoms with van der Waals surface area (Å²) in [5, 5.41) is 19.0. The molecule has 3 N–H and O–H groups in total. The molecule has 9 nitrogen and oxygen atoms in total. The van der Waals surface area contributed by atoms with Gasteiger partial charge in [-0.3, -0.25) is 9.59 Å². The van der Waals surface area contributed by atoms with E-state index in [9.17, 15) is 19.5 Å². The summed E-state index contributed by atoms with van der Waals surface area (Å²) in [6.45, 7) is 8.76. The highest BCUT2D eigenvalue weighted by molar-refractivity contribution is 7.09. The molecule has 192 valence electrons. The van der Waals surface area contributed by atoms with Gasteiger partial charge in [-0.1, -0.05) is 40.5 Å². The average molecular weight is 497 g/mol. The number of aromatic nitrogens is 1. The Kier molecular flexibility index (Phi) is 10.9. The van der Waals surface area contributed by atoms with Crippen molar-refractivity contribution in [2.24, 2.45) is 11.8 Å². The van der Waals surface area contributed by atoms with Crippen molar-refractivity contribution in [3.63, 3.8) is 0 Å². The van der Waals surface area contributed by atoms with Crippen molar-refractivity contribution in [3.8, 4) is 0 Å². The van der Waals surface area contributed by atoms with Crippen molar-refractivity contribution in [2.45, 2.75) is 84.0 Å². The fourth-order valence-corrected chi connectivity index (χ4v) is 5.03. The van der Waals surface area contributed by atoms with Crippen molar-refractivity contribution in [1.82, 2.24) is 20.5 Å². The number of piperidine rings is 1. The van der Waals surface area contributed by atoms with Crippen LogP contribution in [0.2, 0.25) is 0 Å². The lowest BCUT2D eigenvalue weighted by Crippen LogP contribution is -2.57. The number of hydrogen-bond acceptors (Lipinski definition) is 8. The molecule has 1 aromatic rings. The van der Waals surface area contributed by atoms with Gasteiger partial charge in [0.1, 0.15) is 17.2 Å². The minimum Gasteiger partial charge on any atom is -0.464 e. The van der Waals surface area contributed by atoms with Gasteiger partial charge < -0.3 is 25.4 Å². The number of nitrogens with one attached hydrogen (secondary N) is 2. The van der Waals surface area contributed by atoms with Gasteiger partial charge in [-0.05, 0) is 31.2 Å². The van der Waals surface area contributed by atoms with Gasteiger partial charge in [-0.15, -0.1) is 11.3 Å². The highest BCUT2D eigenvalue weighted by Crippen LogP contribution is 2.28. The topological polar surface area (TPSA) is 121 Å². The lowest BCUT2D eigenvalue weighted by molar-refractivity contribution is -0.140. The van der Waals surface area contributed by atoms with Crippen LogP contribution in [-0.4, -0.2) is 71.6 Å². The first kappa shape index (κ1) is 28.2. The first-order valence-electron chi connectivity index (χ1n) is 12.1. The number of carbonyl (C=O) groups excluding carboxylic acids is 3. The van der Waals surface area contributed by atoms with Gasteiger partial charge in [0.15, 0.2) is 5.69 Å². The Balaban J connectivity index is 2.14. The molecule has 1 aliphatic rings. The summed E-state index contributed by atoms with van der Waals surface area (Å²) in [4.78, 5) is 44.0. The molecule has 10 heteroatoms. The second-order valence-corrected chi connectivity index (χ2v) is 10.3. The molecule has 0 bridgehead atoms. The third kappa shape index (κ3) is 7.23. The molecule has 1 fully saturated rings. The molecule has 2 rings (SSSR count). The molecule has 1 aliphatic heterocycles. The third-order valence-electron chi connectivity index (χ3n) is 6.68. The number of rotatable bonds is 11. The molecule has 34 heavy (non-hydrogen) atoms. The van der Waals surface area contributed by atoms with Crippen molar-refractivity contribution < 1.29 is 24.2 Å². The van der Waals surface area contributed by atoms with Gasteiger partial charge >= 0.3 is 5.97 Å². The van der Waals surface area contributed by atoms with E-state index in [2.05, 4.69) is 20.4 Å². The van der Waals surface area contributed by atoms with E-state index in [1.54, 1.807) is 17.3 Å². The van der Waals surface area contributed by atoms with Gasteiger partial charge in [-0.2, -0.15) is 0 Å². The first-order chi connectivity index (χ1) is 16.1. The summed E-state index contributed by atoms with van der Waals surface area (Å²) in [7, 11) is 3.01. The molecule has 0 unspecified atom stereocenters. The molecule has 0 radical (unpaired) electrons. The summed E-state index contributed by atoms with van der Waals surface area (Å²) in [5.74, 6) is -0.842. The smallest absolute Gasteiger partial charge is 0.357 e. The minimum absolute atomic E-state index is 0.0400. The Labute approximate surface area is 206 Å². The monoisotopic (exact) mass is 496 g/mol. The molecule has 0 spiro atoms. The summed E-state index contributed by atoms with van der Waals surface area (Å²) in [6, 6.07) is -1.20. The highest BCUT2D eigenvalue weighted by atomic mass is 32.1. The molecule has 0 aliphatic carbocycles. The van der Waals surface area contributed by atoms with E-state index >= 15 is 0 Å². The largest absolute Gasteiger partial charge is 0.464 e. The normalized spacial score (nSPS) is 19.7. The van der Waals surface area contributed by atoms with E-state index < -0.39 is 18.1 Å². The second kappa shape index (κ2) is 13.2. The number of hydrogen-bond donors (Lipinski definition) is 3. The van der Waals surface area contributed by atoms with Crippen molar-refractivity contribution in [3.05, 3.63) is 16.1 Å². The van der Waals surface area contributed by atoms with Gasteiger partial charge in [0.05, 0.1) is 13.2 Å². The molecule has 1 saturated heterocycles. The number of methoxy groups -OCH3 is 1. The van der Waals surface area contributed by atoms with Gasteiger partial charge in [0.25, 0.3) is 0 Å². The summed E-state index contributed by atoms with van der Waals surface area (Å²) in [5.41, 5.74) is 0.156. The Morgan fingerprint density at radius 1 is 1.32 bits per heavy atom. The molecular weight excluding hydrogens is 456 g/mol. The standard InChI is InChI=1S/C24H40N4O5S/c1-7-15(4)20(27-21(30)16-10-8-9-11-25-16)23(31)28(5)18(14(2)3)12-19(29)22-26-17(13-34-22)24(32)33-6/h13-16,18-20,25,29H,7-12H2,1-6H3,(H,27,30)/t15-,16+,18+,19+,20-/m0/s1. The Bertz CT molecular complexity index is 824. The number of amides is 2. The van der Waals surface area contributed by atoms with Crippen molar-refractivity contribution in [2.75, 3.05) is 20.7 Å². The number of aliphatic hydroxyl groups excluding tert-OH is 1. The van der Waals surface area contributed by atoms with Gasteiger partial charge in [0.2, 0.25) is 11.8 Å². The lowest BCUT2D eigenvalue weighted by Gasteiger charge is -2.37. The zero-order chi connectivity index (χ0) is 25.4. The van der Waals surface area contributed by atoms with Gasteiger partial charge in [-0.25, -0.2) is 9.78 Å². The maximum atomic E-state index is 13.6. The van der Waals surface area contributed by atoms with E-state index in [1.807, 2.05) is 27.7 Å². The average Bonchev–Trinajstić information content (AvgIpc) is 3.34. The SMILES string of the molecule is CC[C@H](C)[C@H](NC(=O)[C@H]1CCCCN1)C(=O)N(C)[C@H](C[C@@H](O)c1nc(C(=O)OC)cs1)C(C)C. The van der Waals surface area contributed by atoms with Crippen LogP contribution in [0.15, 0.2) is 5.38 Å². The predicted octanol–water partition coefficient (Wildman–Crippen LogP) is 2.51. The van der Waals surface area contributed by atoms with E-state index in [1.165, 1.54) is 18.4 Å². The van der Waals surface area contributed by atoms with Crippen LogP contribution < -0.4 is 10.6 Å². The van der Waals surface area contributed by atoms with Crippen LogP contribution in [0.3, 0.4) is 0 Å². The molecule has 0 aromatic carbocycles. The molecule has 2 amide bonds. The van der Waals surface area contributed by atoms with E-state index in [-0.39, 0.29) is 47.8 Å². The third-order valence-corrected chi connectivity index (χ3v) is 7.63. The van der Waals surface area contributed by atoms with E-state index in [0.29, 0.717) is 5.01 Å². The number of nitrogens with zero attached hydrogens (tertiary/aromatic N) is 2. The number of likely N-dealkylation sites (N-methyl/N-ethyl adjacent to an activating group) is 1. The maximum Gasteiger partial charge on any atom is 0.357 e. The highest BCUT2D eigenvalue weighted by Gasteiger charge is 2.35. The van der Waals surface area contributed by atoms with Crippen LogP contribution in [-0.2, 0) is 14.3 Å². The summed E-state index contributed by atoms with van der Waals surface area (Å²) < 4.78 is 4.68. The Hall–Kier alpha value is -2.04. The van der Waals surface area contributed by atoms with Crippen LogP contribution in [0.25, 0.3) is 0 Å². The van der Waals surface area contributed by atoms with Crippen LogP contribution in [0.1, 0.15) is 81.4 Å². The fourth-order valence-electron chi connectivity index (χ4n) is 4.24. The number of thiazole rings is 1. The van der Waals surface area contributed by atoms with Crippen molar-refractivity contribution >= 4 is 29.1 Å². The van der Waals surface area contributed by atoms with Crippen LogP contribution >= 0.6 is 11.3 Å².